The summed E-state index contributed by atoms with van der Waals surface area (Å²) in [5.74, 6) is -0.0494. The molecule has 8 heteroatoms. The molecule has 1 unspecified atom stereocenters. The van der Waals surface area contributed by atoms with E-state index in [0.717, 1.165) is 16.8 Å². The van der Waals surface area contributed by atoms with Crippen LogP contribution in [0.4, 0.5) is 5.69 Å². The Bertz CT molecular complexity index is 1210. The molecule has 0 spiro atoms. The van der Waals surface area contributed by atoms with Crippen LogP contribution >= 0.6 is 0 Å². The zero-order chi connectivity index (χ0) is 23.4. The zero-order valence-electron chi connectivity index (χ0n) is 18.5. The second-order valence-corrected chi connectivity index (χ2v) is 9.65. The smallest absolute Gasteiger partial charge is 0.326 e. The number of anilines is 1. The normalized spacial score (nSPS) is 16.5. The molecule has 1 atom stereocenters. The van der Waals surface area contributed by atoms with Crippen molar-refractivity contribution in [1.82, 2.24) is 4.31 Å². The lowest BCUT2D eigenvalue weighted by Gasteiger charge is -2.30. The molecule has 0 aliphatic carbocycles. The number of ether oxygens (including phenoxy) is 2. The molecule has 3 aromatic rings. The number of para-hydroxylation sites is 1. The summed E-state index contributed by atoms with van der Waals surface area (Å²) in [6.45, 7) is 0.741. The molecule has 0 saturated carbocycles. The Labute approximate surface area is 194 Å². The molecule has 7 nitrogen and oxygen atoms in total. The number of sulfonamides is 1. The van der Waals surface area contributed by atoms with Gasteiger partial charge in [0.15, 0.2) is 0 Å². The summed E-state index contributed by atoms with van der Waals surface area (Å²) in [4.78, 5) is 15.0. The highest BCUT2D eigenvalue weighted by Crippen LogP contribution is 2.32. The first kappa shape index (κ1) is 22.8. The van der Waals surface area contributed by atoms with Crippen molar-refractivity contribution in [1.29, 1.82) is 0 Å². The fourth-order valence-electron chi connectivity index (χ4n) is 4.05. The second-order valence-electron chi connectivity index (χ2n) is 7.76. The number of carbonyl (C=O) groups excluding carboxylic acids is 1. The molecule has 0 saturated heterocycles. The minimum absolute atomic E-state index is 0.0512. The molecular formula is C25H26N2O5S. The quantitative estimate of drug-likeness (QED) is 0.518. The molecular weight excluding hydrogens is 440 g/mol. The van der Waals surface area contributed by atoms with Gasteiger partial charge < -0.3 is 14.4 Å². The molecule has 0 fully saturated rings. The highest BCUT2D eigenvalue weighted by Gasteiger charge is 2.40. The van der Waals surface area contributed by atoms with Gasteiger partial charge in [-0.3, -0.25) is 4.79 Å². The number of nitrogens with zero attached hydrogens (tertiary/aromatic N) is 2. The van der Waals surface area contributed by atoms with Crippen LogP contribution in [-0.4, -0.2) is 45.5 Å². The number of esters is 1. The number of benzene rings is 3. The van der Waals surface area contributed by atoms with E-state index >= 15 is 0 Å². The second kappa shape index (κ2) is 9.64. The van der Waals surface area contributed by atoms with Gasteiger partial charge in [0.2, 0.25) is 10.0 Å². The highest BCUT2D eigenvalue weighted by molar-refractivity contribution is 7.89. The maximum atomic E-state index is 13.7. The van der Waals surface area contributed by atoms with Gasteiger partial charge in [-0.25, -0.2) is 8.42 Å². The molecule has 1 aliphatic rings. The van der Waals surface area contributed by atoms with Gasteiger partial charge in [0.05, 0.1) is 19.1 Å². The van der Waals surface area contributed by atoms with Crippen molar-refractivity contribution in [3.63, 3.8) is 0 Å². The fraction of sp³-hybridized carbons (Fsp3) is 0.240. The van der Waals surface area contributed by atoms with E-state index in [1.54, 1.807) is 12.1 Å². The molecule has 1 aliphatic heterocycles. The fourth-order valence-corrected chi connectivity index (χ4v) is 5.59. The van der Waals surface area contributed by atoms with E-state index in [-0.39, 0.29) is 18.0 Å². The Balaban J connectivity index is 1.78. The molecule has 0 N–H and O–H groups in total. The predicted octanol–water partition coefficient (Wildman–Crippen LogP) is 3.45. The minimum Gasteiger partial charge on any atom is -0.497 e. The van der Waals surface area contributed by atoms with E-state index in [9.17, 15) is 13.2 Å². The Morgan fingerprint density at radius 3 is 2.27 bits per heavy atom. The maximum Gasteiger partial charge on any atom is 0.326 e. The Morgan fingerprint density at radius 2 is 1.61 bits per heavy atom. The van der Waals surface area contributed by atoms with Crippen molar-refractivity contribution in [2.75, 3.05) is 25.7 Å². The van der Waals surface area contributed by atoms with E-state index in [4.69, 9.17) is 9.47 Å². The van der Waals surface area contributed by atoms with Gasteiger partial charge in [0.1, 0.15) is 11.8 Å². The third-order valence-corrected chi connectivity index (χ3v) is 7.62. The number of carbonyl (C=O) groups is 1. The van der Waals surface area contributed by atoms with Gasteiger partial charge in [0, 0.05) is 25.3 Å². The predicted molar refractivity (Wildman–Crippen MR) is 125 cm³/mol. The largest absolute Gasteiger partial charge is 0.497 e. The van der Waals surface area contributed by atoms with Crippen molar-refractivity contribution >= 4 is 21.7 Å². The number of rotatable bonds is 6. The van der Waals surface area contributed by atoms with Gasteiger partial charge >= 0.3 is 5.97 Å². The van der Waals surface area contributed by atoms with Crippen molar-refractivity contribution < 1.29 is 22.7 Å². The summed E-state index contributed by atoms with van der Waals surface area (Å²) in [5, 5.41) is 0. The van der Waals surface area contributed by atoms with Crippen molar-refractivity contribution in [3.8, 4) is 5.75 Å². The van der Waals surface area contributed by atoms with E-state index < -0.39 is 22.0 Å². The topological polar surface area (TPSA) is 76.2 Å². The molecule has 4 rings (SSSR count). The van der Waals surface area contributed by atoms with Gasteiger partial charge in [-0.05, 0) is 41.5 Å². The Kier molecular flexibility index (Phi) is 6.67. The number of hydrogen-bond acceptors (Lipinski definition) is 6. The molecule has 3 aromatic carbocycles. The maximum absolute atomic E-state index is 13.7. The standard InChI is InChI=1S/C25H26N2O5S/c1-31-21-12-14-22(15-13-21)33(29,30)27-17-20-10-6-7-11-23(20)26(18-24(27)25(28)32-2)16-19-8-4-3-5-9-19/h3-15,24H,16-18H2,1-2H3. The lowest BCUT2D eigenvalue weighted by Crippen LogP contribution is -2.49. The average molecular weight is 467 g/mol. The zero-order valence-corrected chi connectivity index (χ0v) is 19.4. The van der Waals surface area contributed by atoms with Gasteiger partial charge in [-0.15, -0.1) is 0 Å². The molecule has 0 radical (unpaired) electrons. The van der Waals surface area contributed by atoms with Gasteiger partial charge in [0.25, 0.3) is 0 Å². The van der Waals surface area contributed by atoms with Crippen LogP contribution in [0, 0.1) is 0 Å². The Morgan fingerprint density at radius 1 is 0.939 bits per heavy atom. The van der Waals surface area contributed by atoms with Crippen LogP contribution in [0.1, 0.15) is 11.1 Å². The lowest BCUT2D eigenvalue weighted by molar-refractivity contribution is -0.144. The molecule has 1 heterocycles. The third-order valence-electron chi connectivity index (χ3n) is 5.75. The molecule has 0 amide bonds. The van der Waals surface area contributed by atoms with Crippen LogP contribution in [0.5, 0.6) is 5.75 Å². The minimum atomic E-state index is -4.00. The van der Waals surface area contributed by atoms with E-state index in [2.05, 4.69) is 0 Å². The number of hydrogen-bond donors (Lipinski definition) is 0. The van der Waals surface area contributed by atoms with Crippen LogP contribution in [0.15, 0.2) is 83.8 Å². The summed E-state index contributed by atoms with van der Waals surface area (Å²) in [6.07, 6.45) is 0. The van der Waals surface area contributed by atoms with E-state index in [0.29, 0.717) is 12.3 Å². The SMILES string of the molecule is COC(=O)C1CN(Cc2ccccc2)c2ccccc2CN1S(=O)(=O)c1ccc(OC)cc1. The Hall–Kier alpha value is -3.36. The van der Waals surface area contributed by atoms with Crippen LogP contribution < -0.4 is 9.64 Å². The van der Waals surface area contributed by atoms with Crippen molar-refractivity contribution in [2.45, 2.75) is 24.0 Å². The average Bonchev–Trinajstić information content (AvgIpc) is 3.02. The summed E-state index contributed by atoms with van der Waals surface area (Å²) < 4.78 is 38.8. The molecule has 0 bridgehead atoms. The van der Waals surface area contributed by atoms with Crippen LogP contribution in [-0.2, 0) is 32.6 Å². The monoisotopic (exact) mass is 466 g/mol. The van der Waals surface area contributed by atoms with Crippen molar-refractivity contribution in [3.05, 3.63) is 90.0 Å². The first-order chi connectivity index (χ1) is 15.9. The highest BCUT2D eigenvalue weighted by atomic mass is 32.2. The lowest BCUT2D eigenvalue weighted by atomic mass is 10.1. The molecule has 172 valence electrons. The first-order valence-corrected chi connectivity index (χ1v) is 12.0. The molecule has 33 heavy (non-hydrogen) atoms. The van der Waals surface area contributed by atoms with Crippen LogP contribution in [0.25, 0.3) is 0 Å². The van der Waals surface area contributed by atoms with Crippen molar-refractivity contribution in [2.24, 2.45) is 0 Å². The summed E-state index contributed by atoms with van der Waals surface area (Å²) in [6, 6.07) is 22.6. The van der Waals surface area contributed by atoms with Crippen LogP contribution in [0.2, 0.25) is 0 Å². The summed E-state index contributed by atoms with van der Waals surface area (Å²) >= 11 is 0. The molecule has 0 aromatic heterocycles. The van der Waals surface area contributed by atoms with Gasteiger partial charge in [-0.2, -0.15) is 4.31 Å². The number of fused-ring (bicyclic) bond motifs is 1. The van der Waals surface area contributed by atoms with E-state index in [1.165, 1.54) is 30.7 Å². The first-order valence-electron chi connectivity index (χ1n) is 10.5. The number of methoxy groups -OCH3 is 2. The van der Waals surface area contributed by atoms with Crippen LogP contribution in [0.3, 0.4) is 0 Å². The van der Waals surface area contributed by atoms with E-state index in [1.807, 2.05) is 59.5 Å². The summed E-state index contributed by atoms with van der Waals surface area (Å²) in [5.41, 5.74) is 2.77. The summed E-state index contributed by atoms with van der Waals surface area (Å²) in [7, 11) is -1.21. The van der Waals surface area contributed by atoms with Gasteiger partial charge in [-0.1, -0.05) is 48.5 Å². The third kappa shape index (κ3) is 4.72.